The van der Waals surface area contributed by atoms with Crippen LogP contribution in [-0.2, 0) is 0 Å². The normalized spacial score (nSPS) is 23.2. The molecule has 0 saturated carbocycles. The van der Waals surface area contributed by atoms with Gasteiger partial charge >= 0.3 is 0 Å². The maximum absolute atomic E-state index is 6.35. The van der Waals surface area contributed by atoms with Gasteiger partial charge in [0, 0.05) is 17.5 Å². The average molecular weight is 287 g/mol. The molecule has 2 atom stereocenters. The van der Waals surface area contributed by atoms with E-state index < -0.39 is 0 Å². The molecule has 1 aromatic rings. The third-order valence-electron chi connectivity index (χ3n) is 3.86. The highest BCUT2D eigenvalue weighted by atomic mass is 35.5. The first-order chi connectivity index (χ1) is 8.43. The number of hydrogen-bond donors (Lipinski definition) is 1. The summed E-state index contributed by atoms with van der Waals surface area (Å²) in [5.41, 5.74) is 6.76. The van der Waals surface area contributed by atoms with Crippen molar-refractivity contribution in [2.75, 3.05) is 13.1 Å². The molecule has 1 saturated heterocycles. The molecule has 1 fully saturated rings. The summed E-state index contributed by atoms with van der Waals surface area (Å²) < 4.78 is 0.858. The summed E-state index contributed by atoms with van der Waals surface area (Å²) in [6, 6.07) is 4.64. The van der Waals surface area contributed by atoms with Crippen LogP contribution in [0.5, 0.6) is 0 Å². The summed E-state index contributed by atoms with van der Waals surface area (Å²) in [7, 11) is 0. The Balaban J connectivity index is 2.21. The zero-order valence-electron chi connectivity index (χ0n) is 11.4. The molecule has 2 rings (SSSR count). The zero-order chi connectivity index (χ0) is 13.3. The second-order valence-electron chi connectivity index (χ2n) is 6.04. The lowest BCUT2D eigenvalue weighted by Gasteiger charge is -2.32. The van der Waals surface area contributed by atoms with E-state index in [0.29, 0.717) is 11.5 Å². The molecule has 2 N–H and O–H groups in total. The van der Waals surface area contributed by atoms with Gasteiger partial charge in [-0.3, -0.25) is 4.90 Å². The molecule has 0 amide bonds. The van der Waals surface area contributed by atoms with Gasteiger partial charge in [0.1, 0.15) is 0 Å². The standard InChI is InChI=1S/C14H23ClN2S/c1-4-10(16)13(11-5-6-12(15)18-11)17-8-7-14(2,3)9-17/h5-6,10,13H,4,7-9,16H2,1-3H3. The molecule has 4 heteroatoms. The zero-order valence-corrected chi connectivity index (χ0v) is 13.0. The van der Waals surface area contributed by atoms with Crippen molar-refractivity contribution in [1.29, 1.82) is 0 Å². The largest absolute Gasteiger partial charge is 0.326 e. The number of nitrogens with zero attached hydrogens (tertiary/aromatic N) is 1. The first-order valence-corrected chi connectivity index (χ1v) is 7.87. The van der Waals surface area contributed by atoms with Crippen LogP contribution in [0.1, 0.15) is 44.5 Å². The van der Waals surface area contributed by atoms with E-state index in [2.05, 4.69) is 31.7 Å². The molecule has 102 valence electrons. The second-order valence-corrected chi connectivity index (χ2v) is 7.79. The smallest absolute Gasteiger partial charge is 0.0931 e. The lowest BCUT2D eigenvalue weighted by molar-refractivity contribution is 0.192. The lowest BCUT2D eigenvalue weighted by atomic mass is 9.93. The molecule has 18 heavy (non-hydrogen) atoms. The number of rotatable bonds is 4. The average Bonchev–Trinajstić information content (AvgIpc) is 2.86. The Bertz CT molecular complexity index is 402. The van der Waals surface area contributed by atoms with Crippen LogP contribution in [0.4, 0.5) is 0 Å². The van der Waals surface area contributed by atoms with E-state index >= 15 is 0 Å². The van der Waals surface area contributed by atoms with Gasteiger partial charge in [-0.1, -0.05) is 32.4 Å². The van der Waals surface area contributed by atoms with E-state index in [9.17, 15) is 0 Å². The van der Waals surface area contributed by atoms with Gasteiger partial charge in [0.05, 0.1) is 10.4 Å². The van der Waals surface area contributed by atoms with Gasteiger partial charge in [-0.05, 0) is 36.9 Å². The van der Waals surface area contributed by atoms with E-state index in [0.717, 1.165) is 23.8 Å². The third kappa shape index (κ3) is 3.08. The van der Waals surface area contributed by atoms with Gasteiger partial charge in [-0.2, -0.15) is 0 Å². The molecule has 2 nitrogen and oxygen atoms in total. The van der Waals surface area contributed by atoms with Gasteiger partial charge in [-0.15, -0.1) is 11.3 Å². The van der Waals surface area contributed by atoms with E-state index in [4.69, 9.17) is 17.3 Å². The third-order valence-corrected chi connectivity index (χ3v) is 5.16. The number of likely N-dealkylation sites (tertiary alicyclic amines) is 1. The Hall–Kier alpha value is -0.0900. The minimum absolute atomic E-state index is 0.189. The fraction of sp³-hybridized carbons (Fsp3) is 0.714. The van der Waals surface area contributed by atoms with Gasteiger partial charge in [0.25, 0.3) is 0 Å². The van der Waals surface area contributed by atoms with Gasteiger partial charge in [0.2, 0.25) is 0 Å². The highest BCUT2D eigenvalue weighted by Gasteiger charge is 2.36. The van der Waals surface area contributed by atoms with Crippen LogP contribution >= 0.6 is 22.9 Å². The maximum atomic E-state index is 6.35. The van der Waals surface area contributed by atoms with Crippen molar-refractivity contribution in [2.24, 2.45) is 11.1 Å². The van der Waals surface area contributed by atoms with Crippen molar-refractivity contribution < 1.29 is 0 Å². The Morgan fingerprint density at radius 3 is 2.67 bits per heavy atom. The number of nitrogens with two attached hydrogens (primary N) is 1. The SMILES string of the molecule is CCC(N)C(c1ccc(Cl)s1)N1CCC(C)(C)C1. The quantitative estimate of drug-likeness (QED) is 0.909. The minimum atomic E-state index is 0.189. The predicted molar refractivity (Wildman–Crippen MR) is 80.3 cm³/mol. The van der Waals surface area contributed by atoms with Crippen LogP contribution in [0.25, 0.3) is 0 Å². The Labute approximate surface area is 119 Å². The summed E-state index contributed by atoms with van der Waals surface area (Å²) in [4.78, 5) is 3.85. The first kappa shape index (κ1) is 14.3. The second kappa shape index (κ2) is 5.49. The summed E-state index contributed by atoms with van der Waals surface area (Å²) in [5, 5.41) is 0. The monoisotopic (exact) mass is 286 g/mol. The lowest BCUT2D eigenvalue weighted by Crippen LogP contribution is -2.40. The summed E-state index contributed by atoms with van der Waals surface area (Å²) in [5.74, 6) is 0. The molecular formula is C14H23ClN2S. The fourth-order valence-corrected chi connectivity index (χ4v) is 4.04. The van der Waals surface area contributed by atoms with Gasteiger partial charge < -0.3 is 5.73 Å². The van der Waals surface area contributed by atoms with Crippen LogP contribution in [0.2, 0.25) is 4.34 Å². The number of hydrogen-bond acceptors (Lipinski definition) is 3. The Morgan fingerprint density at radius 1 is 1.50 bits per heavy atom. The highest BCUT2D eigenvalue weighted by molar-refractivity contribution is 7.16. The molecule has 2 heterocycles. The molecule has 0 aliphatic carbocycles. The van der Waals surface area contributed by atoms with Crippen LogP contribution in [0, 0.1) is 5.41 Å². The van der Waals surface area contributed by atoms with E-state index in [1.54, 1.807) is 11.3 Å². The van der Waals surface area contributed by atoms with Crippen molar-refractivity contribution in [1.82, 2.24) is 4.90 Å². The topological polar surface area (TPSA) is 29.3 Å². The summed E-state index contributed by atoms with van der Waals surface area (Å²) in [6.45, 7) is 9.10. The molecule has 1 aromatic heterocycles. The maximum Gasteiger partial charge on any atom is 0.0931 e. The van der Waals surface area contributed by atoms with Crippen LogP contribution in [0.15, 0.2) is 12.1 Å². The van der Waals surface area contributed by atoms with Crippen LogP contribution in [0.3, 0.4) is 0 Å². The molecule has 1 aliphatic rings. The fourth-order valence-electron chi connectivity index (χ4n) is 2.76. The van der Waals surface area contributed by atoms with E-state index in [1.807, 2.05) is 6.07 Å². The van der Waals surface area contributed by atoms with E-state index in [-0.39, 0.29) is 6.04 Å². The van der Waals surface area contributed by atoms with Crippen molar-refractivity contribution in [3.63, 3.8) is 0 Å². The first-order valence-electron chi connectivity index (χ1n) is 6.68. The van der Waals surface area contributed by atoms with Gasteiger partial charge in [-0.25, -0.2) is 0 Å². The molecule has 0 spiro atoms. The molecule has 0 bridgehead atoms. The van der Waals surface area contributed by atoms with E-state index in [1.165, 1.54) is 11.3 Å². The summed E-state index contributed by atoms with van der Waals surface area (Å²) in [6.07, 6.45) is 2.25. The molecule has 0 radical (unpaired) electrons. The minimum Gasteiger partial charge on any atom is -0.326 e. The number of thiophene rings is 1. The van der Waals surface area contributed by atoms with Crippen molar-refractivity contribution >= 4 is 22.9 Å². The molecule has 0 aromatic carbocycles. The Kier molecular flexibility index (Phi) is 4.37. The number of halogens is 1. The predicted octanol–water partition coefficient (Wildman–Crippen LogP) is 3.91. The molecule has 2 unspecified atom stereocenters. The molecule has 1 aliphatic heterocycles. The van der Waals surface area contributed by atoms with Crippen molar-refractivity contribution in [3.05, 3.63) is 21.3 Å². The van der Waals surface area contributed by atoms with Crippen LogP contribution < -0.4 is 5.73 Å². The van der Waals surface area contributed by atoms with Crippen molar-refractivity contribution in [3.8, 4) is 0 Å². The van der Waals surface area contributed by atoms with Gasteiger partial charge in [0.15, 0.2) is 0 Å². The summed E-state index contributed by atoms with van der Waals surface area (Å²) >= 11 is 7.74. The van der Waals surface area contributed by atoms with Crippen LogP contribution in [-0.4, -0.2) is 24.0 Å². The van der Waals surface area contributed by atoms with Crippen molar-refractivity contribution in [2.45, 2.75) is 45.7 Å². The Morgan fingerprint density at radius 2 is 2.22 bits per heavy atom. The molecular weight excluding hydrogens is 264 g/mol. The highest BCUT2D eigenvalue weighted by Crippen LogP contribution is 2.39.